The topological polar surface area (TPSA) is 77.1 Å². The zero-order chi connectivity index (χ0) is 15.2. The molecule has 0 bridgehead atoms. The average molecular weight is 351 g/mol. The lowest BCUT2D eigenvalue weighted by Gasteiger charge is -2.12. The number of oxime groups is 1. The van der Waals surface area contributed by atoms with Crippen molar-refractivity contribution in [2.75, 3.05) is 6.61 Å². The van der Waals surface area contributed by atoms with Gasteiger partial charge in [0.2, 0.25) is 0 Å². The molecule has 0 atom stereocenters. The maximum atomic E-state index is 8.86. The zero-order valence-corrected chi connectivity index (χ0v) is 13.0. The van der Waals surface area contributed by atoms with Crippen LogP contribution in [0.2, 0.25) is 0 Å². The summed E-state index contributed by atoms with van der Waals surface area (Å²) in [5.74, 6) is 1.79. The predicted molar refractivity (Wildman–Crippen MR) is 84.3 cm³/mol. The summed E-state index contributed by atoms with van der Waals surface area (Å²) in [6.45, 7) is 2.50. The van der Waals surface area contributed by atoms with Crippen molar-refractivity contribution in [2.45, 2.75) is 6.92 Å². The molecule has 2 aromatic carbocycles. The van der Waals surface area contributed by atoms with Gasteiger partial charge in [-0.1, -0.05) is 27.2 Å². The second-order valence-electron chi connectivity index (χ2n) is 4.14. The molecule has 0 aliphatic carbocycles. The summed E-state index contributed by atoms with van der Waals surface area (Å²) in [6.07, 6.45) is 0. The molecule has 6 heteroatoms. The lowest BCUT2D eigenvalue weighted by molar-refractivity contribution is 0.318. The van der Waals surface area contributed by atoms with Gasteiger partial charge in [-0.25, -0.2) is 0 Å². The van der Waals surface area contributed by atoms with Crippen LogP contribution in [0.4, 0.5) is 0 Å². The summed E-state index contributed by atoms with van der Waals surface area (Å²) >= 11 is 3.34. The van der Waals surface area contributed by atoms with E-state index in [1.807, 2.05) is 25.1 Å². The van der Waals surface area contributed by atoms with E-state index in [0.717, 1.165) is 10.2 Å². The molecule has 2 rings (SSSR count). The maximum Gasteiger partial charge on any atom is 0.173 e. The molecule has 5 nitrogen and oxygen atoms in total. The van der Waals surface area contributed by atoms with Crippen LogP contribution in [0.1, 0.15) is 12.5 Å². The molecule has 110 valence electrons. The Hall–Kier alpha value is -2.21. The smallest absolute Gasteiger partial charge is 0.173 e. The molecule has 0 spiro atoms. The lowest BCUT2D eigenvalue weighted by Crippen LogP contribution is -2.14. The molecule has 0 aromatic heterocycles. The fraction of sp³-hybridized carbons (Fsp3) is 0.133. The van der Waals surface area contributed by atoms with Gasteiger partial charge in [0.15, 0.2) is 5.84 Å². The minimum atomic E-state index is -0.0211. The van der Waals surface area contributed by atoms with Crippen molar-refractivity contribution in [1.29, 1.82) is 0 Å². The maximum absolute atomic E-state index is 8.86. The van der Waals surface area contributed by atoms with Crippen LogP contribution in [0.3, 0.4) is 0 Å². The molecule has 0 heterocycles. The third-order valence-electron chi connectivity index (χ3n) is 2.67. The van der Waals surface area contributed by atoms with Crippen molar-refractivity contribution in [3.8, 4) is 17.2 Å². The zero-order valence-electron chi connectivity index (χ0n) is 11.4. The molecule has 0 aliphatic heterocycles. The predicted octanol–water partition coefficient (Wildman–Crippen LogP) is 3.73. The SMILES string of the molecule is CCOc1cccc(Oc2ccc(Br)cc2/C(N)=N/O)c1. The molecule has 0 saturated carbocycles. The third kappa shape index (κ3) is 3.88. The van der Waals surface area contributed by atoms with E-state index in [0.29, 0.717) is 23.7 Å². The van der Waals surface area contributed by atoms with Gasteiger partial charge < -0.3 is 20.4 Å². The van der Waals surface area contributed by atoms with Crippen LogP contribution in [-0.2, 0) is 0 Å². The number of ether oxygens (including phenoxy) is 2. The molecular weight excluding hydrogens is 336 g/mol. The summed E-state index contributed by atoms with van der Waals surface area (Å²) in [7, 11) is 0. The van der Waals surface area contributed by atoms with Gasteiger partial charge in [-0.2, -0.15) is 0 Å². The molecule has 0 amide bonds. The fourth-order valence-electron chi connectivity index (χ4n) is 1.77. The van der Waals surface area contributed by atoms with Crippen molar-refractivity contribution in [1.82, 2.24) is 0 Å². The Labute approximate surface area is 131 Å². The first-order valence-corrected chi connectivity index (χ1v) is 7.11. The largest absolute Gasteiger partial charge is 0.494 e. The van der Waals surface area contributed by atoms with Crippen molar-refractivity contribution in [3.05, 3.63) is 52.5 Å². The van der Waals surface area contributed by atoms with Crippen LogP contribution in [0, 0.1) is 0 Å². The van der Waals surface area contributed by atoms with Crippen molar-refractivity contribution in [3.63, 3.8) is 0 Å². The molecule has 0 radical (unpaired) electrons. The van der Waals surface area contributed by atoms with E-state index in [-0.39, 0.29) is 5.84 Å². The van der Waals surface area contributed by atoms with Crippen LogP contribution in [0.15, 0.2) is 52.1 Å². The first kappa shape index (κ1) is 15.2. The highest BCUT2D eigenvalue weighted by molar-refractivity contribution is 9.10. The van der Waals surface area contributed by atoms with Crippen molar-refractivity contribution >= 4 is 21.8 Å². The Morgan fingerprint density at radius 3 is 2.71 bits per heavy atom. The van der Waals surface area contributed by atoms with E-state index in [4.69, 9.17) is 20.4 Å². The summed E-state index contributed by atoms with van der Waals surface area (Å²) in [4.78, 5) is 0. The number of hydrogen-bond acceptors (Lipinski definition) is 4. The first-order chi connectivity index (χ1) is 10.1. The second kappa shape index (κ2) is 6.99. The number of hydrogen-bond donors (Lipinski definition) is 2. The molecule has 3 N–H and O–H groups in total. The Morgan fingerprint density at radius 1 is 1.24 bits per heavy atom. The number of nitrogens with zero attached hydrogens (tertiary/aromatic N) is 1. The van der Waals surface area contributed by atoms with Gasteiger partial charge in [0, 0.05) is 10.5 Å². The molecular formula is C15H15BrN2O3. The van der Waals surface area contributed by atoms with E-state index in [2.05, 4.69) is 21.1 Å². The standard InChI is InChI=1S/C15H15BrN2O3/c1-2-20-11-4-3-5-12(9-11)21-14-7-6-10(16)8-13(14)15(17)18-19/h3-9,19H,2H2,1H3,(H2,17,18). The van der Waals surface area contributed by atoms with Gasteiger partial charge in [-0.15, -0.1) is 0 Å². The highest BCUT2D eigenvalue weighted by atomic mass is 79.9. The van der Waals surface area contributed by atoms with Gasteiger partial charge in [0.25, 0.3) is 0 Å². The second-order valence-corrected chi connectivity index (χ2v) is 5.05. The summed E-state index contributed by atoms with van der Waals surface area (Å²) < 4.78 is 12.0. The number of nitrogens with two attached hydrogens (primary N) is 1. The summed E-state index contributed by atoms with van der Waals surface area (Å²) in [5.41, 5.74) is 6.16. The van der Waals surface area contributed by atoms with Gasteiger partial charge >= 0.3 is 0 Å². The first-order valence-electron chi connectivity index (χ1n) is 6.32. The van der Waals surface area contributed by atoms with Crippen molar-refractivity contribution < 1.29 is 14.7 Å². The van der Waals surface area contributed by atoms with E-state index in [1.54, 1.807) is 24.3 Å². The van der Waals surface area contributed by atoms with Crippen LogP contribution in [0.25, 0.3) is 0 Å². The van der Waals surface area contributed by atoms with Crippen LogP contribution >= 0.6 is 15.9 Å². The Bertz CT molecular complexity index is 659. The number of amidine groups is 1. The number of rotatable bonds is 5. The molecule has 0 unspecified atom stereocenters. The van der Waals surface area contributed by atoms with Gasteiger partial charge in [-0.3, -0.25) is 0 Å². The van der Waals surface area contributed by atoms with Gasteiger partial charge in [-0.05, 0) is 37.3 Å². The molecule has 0 fully saturated rings. The molecule has 0 saturated heterocycles. The fourth-order valence-corrected chi connectivity index (χ4v) is 2.13. The van der Waals surface area contributed by atoms with E-state index >= 15 is 0 Å². The van der Waals surface area contributed by atoms with Gasteiger partial charge in [0.1, 0.15) is 17.2 Å². The van der Waals surface area contributed by atoms with E-state index in [9.17, 15) is 0 Å². The van der Waals surface area contributed by atoms with E-state index < -0.39 is 0 Å². The molecule has 2 aromatic rings. The van der Waals surface area contributed by atoms with Crippen molar-refractivity contribution in [2.24, 2.45) is 10.9 Å². The minimum absolute atomic E-state index is 0.0211. The van der Waals surface area contributed by atoms with E-state index in [1.165, 1.54) is 0 Å². The molecule has 0 aliphatic rings. The summed E-state index contributed by atoms with van der Waals surface area (Å²) in [6, 6.07) is 12.5. The molecule has 21 heavy (non-hydrogen) atoms. The quantitative estimate of drug-likeness (QED) is 0.372. The number of halogens is 1. The normalized spacial score (nSPS) is 11.2. The van der Waals surface area contributed by atoms with Crippen LogP contribution in [-0.4, -0.2) is 17.6 Å². The van der Waals surface area contributed by atoms with Crippen LogP contribution in [0.5, 0.6) is 17.2 Å². The lowest BCUT2D eigenvalue weighted by atomic mass is 10.2. The number of benzene rings is 2. The minimum Gasteiger partial charge on any atom is -0.494 e. The highest BCUT2D eigenvalue weighted by Crippen LogP contribution is 2.29. The monoisotopic (exact) mass is 350 g/mol. The Kier molecular flexibility index (Phi) is 5.05. The average Bonchev–Trinajstić information content (AvgIpc) is 2.49. The summed E-state index contributed by atoms with van der Waals surface area (Å²) in [5, 5.41) is 11.9. The Balaban J connectivity index is 2.33. The highest BCUT2D eigenvalue weighted by Gasteiger charge is 2.10. The Morgan fingerprint density at radius 2 is 2.00 bits per heavy atom. The third-order valence-corrected chi connectivity index (χ3v) is 3.16. The van der Waals surface area contributed by atoms with Gasteiger partial charge in [0.05, 0.1) is 12.2 Å². The van der Waals surface area contributed by atoms with Crippen LogP contribution < -0.4 is 15.2 Å².